The molecule has 1 aromatic heterocycles. The molecule has 0 aliphatic carbocycles. The number of benzene rings is 1. The van der Waals surface area contributed by atoms with Crippen molar-refractivity contribution in [2.24, 2.45) is 11.7 Å². The third-order valence-electron chi connectivity index (χ3n) is 4.77. The Kier molecular flexibility index (Phi) is 4.84. The highest BCUT2D eigenvalue weighted by atomic mass is 15.0. The van der Waals surface area contributed by atoms with Crippen LogP contribution in [0.2, 0.25) is 0 Å². The molecule has 1 aliphatic heterocycles. The van der Waals surface area contributed by atoms with Gasteiger partial charge in [-0.1, -0.05) is 26.0 Å². The summed E-state index contributed by atoms with van der Waals surface area (Å²) in [6.07, 6.45) is 5.80. The molecule has 0 spiro atoms. The van der Waals surface area contributed by atoms with Gasteiger partial charge in [-0.2, -0.15) is 0 Å². The molecule has 3 N–H and O–H groups in total. The van der Waals surface area contributed by atoms with Gasteiger partial charge in [-0.3, -0.25) is 0 Å². The second-order valence-electron chi connectivity index (χ2n) is 7.04. The van der Waals surface area contributed by atoms with Crippen LogP contribution in [0.15, 0.2) is 24.4 Å². The Morgan fingerprint density at radius 2 is 2.05 bits per heavy atom. The summed E-state index contributed by atoms with van der Waals surface area (Å²) in [6, 6.07) is 7.11. The number of piperidine rings is 1. The smallest absolute Gasteiger partial charge is 0.0486 e. The minimum Gasteiger partial charge on any atom is -0.347 e. The van der Waals surface area contributed by atoms with E-state index in [2.05, 4.69) is 48.1 Å². The maximum atomic E-state index is 5.79. The van der Waals surface area contributed by atoms with Crippen LogP contribution in [0.25, 0.3) is 10.9 Å². The molecule has 22 heavy (non-hydrogen) atoms. The van der Waals surface area contributed by atoms with E-state index < -0.39 is 0 Å². The van der Waals surface area contributed by atoms with E-state index in [4.69, 9.17) is 5.73 Å². The van der Waals surface area contributed by atoms with Gasteiger partial charge in [-0.25, -0.2) is 0 Å². The van der Waals surface area contributed by atoms with Gasteiger partial charge < -0.3 is 15.6 Å². The number of nitrogens with zero attached hydrogens (tertiary/aromatic N) is 1. The number of nitrogens with two attached hydrogens (primary N) is 1. The van der Waals surface area contributed by atoms with Crippen molar-refractivity contribution in [3.05, 3.63) is 35.5 Å². The molecule has 1 fully saturated rings. The minimum atomic E-state index is 0.656. The van der Waals surface area contributed by atoms with Gasteiger partial charge in [0.05, 0.1) is 0 Å². The monoisotopic (exact) mass is 299 g/mol. The van der Waals surface area contributed by atoms with E-state index in [0.717, 1.165) is 32.6 Å². The van der Waals surface area contributed by atoms with E-state index in [1.165, 1.54) is 34.9 Å². The normalized spacial score (nSPS) is 16.7. The molecule has 3 rings (SSSR count). The zero-order valence-corrected chi connectivity index (χ0v) is 13.9. The lowest BCUT2D eigenvalue weighted by Crippen LogP contribution is -2.26. The van der Waals surface area contributed by atoms with Gasteiger partial charge in [0, 0.05) is 23.6 Å². The van der Waals surface area contributed by atoms with Crippen molar-refractivity contribution < 1.29 is 0 Å². The fraction of sp³-hybridized carbons (Fsp3) is 0.579. The highest BCUT2D eigenvalue weighted by Gasteiger charge is 2.17. The van der Waals surface area contributed by atoms with Crippen molar-refractivity contribution in [3.63, 3.8) is 0 Å². The zero-order chi connectivity index (χ0) is 15.5. The van der Waals surface area contributed by atoms with Crippen molar-refractivity contribution >= 4 is 10.9 Å². The van der Waals surface area contributed by atoms with Gasteiger partial charge in [-0.05, 0) is 67.9 Å². The molecule has 2 heterocycles. The molecule has 1 aromatic carbocycles. The second kappa shape index (κ2) is 6.84. The highest BCUT2D eigenvalue weighted by Crippen LogP contribution is 2.30. The number of aromatic nitrogens is 1. The van der Waals surface area contributed by atoms with E-state index in [0.29, 0.717) is 11.8 Å². The van der Waals surface area contributed by atoms with Crippen LogP contribution in [-0.2, 0) is 13.0 Å². The van der Waals surface area contributed by atoms with Crippen LogP contribution in [0.5, 0.6) is 0 Å². The Hall–Kier alpha value is -1.32. The third-order valence-corrected chi connectivity index (χ3v) is 4.77. The fourth-order valence-corrected chi connectivity index (χ4v) is 3.69. The maximum Gasteiger partial charge on any atom is 0.0486 e. The summed E-state index contributed by atoms with van der Waals surface area (Å²) in [6.45, 7) is 8.66. The molecule has 1 saturated heterocycles. The lowest BCUT2D eigenvalue weighted by molar-refractivity contribution is 0.460. The van der Waals surface area contributed by atoms with Gasteiger partial charge in [-0.15, -0.1) is 0 Å². The lowest BCUT2D eigenvalue weighted by Gasteiger charge is -2.23. The summed E-state index contributed by atoms with van der Waals surface area (Å²) in [5.41, 5.74) is 10.1. The number of hydrogen-bond donors (Lipinski definition) is 2. The van der Waals surface area contributed by atoms with Crippen molar-refractivity contribution in [1.29, 1.82) is 0 Å². The zero-order valence-electron chi connectivity index (χ0n) is 13.9. The first kappa shape index (κ1) is 15.6. The number of rotatable bonds is 5. The third kappa shape index (κ3) is 3.21. The summed E-state index contributed by atoms with van der Waals surface area (Å²) < 4.78 is 2.44. The molecular weight excluding hydrogens is 270 g/mol. The summed E-state index contributed by atoms with van der Waals surface area (Å²) in [5, 5.41) is 4.85. The van der Waals surface area contributed by atoms with Gasteiger partial charge in [0.2, 0.25) is 0 Å². The summed E-state index contributed by atoms with van der Waals surface area (Å²) in [7, 11) is 0. The number of fused-ring (bicyclic) bond motifs is 1. The lowest BCUT2D eigenvalue weighted by atomic mass is 9.89. The molecule has 0 bridgehead atoms. The topological polar surface area (TPSA) is 43.0 Å². The predicted octanol–water partition coefficient (Wildman–Crippen LogP) is 3.27. The molecule has 0 amide bonds. The largest absolute Gasteiger partial charge is 0.347 e. The Morgan fingerprint density at radius 1 is 1.27 bits per heavy atom. The Morgan fingerprint density at radius 3 is 2.73 bits per heavy atom. The van der Waals surface area contributed by atoms with Crippen LogP contribution in [0.3, 0.4) is 0 Å². The van der Waals surface area contributed by atoms with E-state index in [9.17, 15) is 0 Å². The molecule has 1 aliphatic rings. The molecule has 2 aromatic rings. The van der Waals surface area contributed by atoms with Crippen LogP contribution >= 0.6 is 0 Å². The first-order chi connectivity index (χ1) is 10.7. The number of nitrogens with one attached hydrogen (secondary N) is 1. The molecular formula is C19H29N3. The molecule has 3 nitrogen and oxygen atoms in total. The van der Waals surface area contributed by atoms with Gasteiger partial charge in [0.25, 0.3) is 0 Å². The van der Waals surface area contributed by atoms with Crippen molar-refractivity contribution in [3.8, 4) is 0 Å². The Labute approximate surface area is 133 Å². The highest BCUT2D eigenvalue weighted by molar-refractivity contribution is 5.85. The standard InChI is InChI=1S/C19H29N3/c1-14(2)12-22-13-17(5-8-20)18-4-3-16(11-19(18)22)15-6-9-21-10-7-15/h3-4,11,13-15,21H,5-10,12,20H2,1-2H3. The van der Waals surface area contributed by atoms with Crippen LogP contribution in [0, 0.1) is 5.92 Å². The average molecular weight is 299 g/mol. The van der Waals surface area contributed by atoms with E-state index in [1.807, 2.05) is 0 Å². The van der Waals surface area contributed by atoms with Crippen molar-refractivity contribution in [2.75, 3.05) is 19.6 Å². The Balaban J connectivity index is 2.00. The maximum absolute atomic E-state index is 5.79. The van der Waals surface area contributed by atoms with Crippen LogP contribution in [0.4, 0.5) is 0 Å². The van der Waals surface area contributed by atoms with Crippen LogP contribution < -0.4 is 11.1 Å². The second-order valence-corrected chi connectivity index (χ2v) is 7.04. The summed E-state index contributed by atoms with van der Waals surface area (Å²) >= 11 is 0. The van der Waals surface area contributed by atoms with Crippen molar-refractivity contribution in [2.45, 2.75) is 45.6 Å². The first-order valence-electron chi connectivity index (χ1n) is 8.71. The van der Waals surface area contributed by atoms with Gasteiger partial charge in [0.1, 0.15) is 0 Å². The number of hydrogen-bond acceptors (Lipinski definition) is 2. The molecule has 0 atom stereocenters. The molecule has 0 saturated carbocycles. The quantitative estimate of drug-likeness (QED) is 0.890. The van der Waals surface area contributed by atoms with E-state index in [1.54, 1.807) is 0 Å². The van der Waals surface area contributed by atoms with Crippen LogP contribution in [0.1, 0.15) is 43.7 Å². The fourth-order valence-electron chi connectivity index (χ4n) is 3.69. The van der Waals surface area contributed by atoms with Gasteiger partial charge in [0.15, 0.2) is 0 Å². The average Bonchev–Trinajstić information content (AvgIpc) is 2.85. The van der Waals surface area contributed by atoms with E-state index in [-0.39, 0.29) is 0 Å². The van der Waals surface area contributed by atoms with Gasteiger partial charge >= 0.3 is 0 Å². The SMILES string of the molecule is CC(C)Cn1cc(CCN)c2ccc(C3CCNCC3)cc21. The molecule has 0 unspecified atom stereocenters. The molecule has 0 radical (unpaired) electrons. The summed E-state index contributed by atoms with van der Waals surface area (Å²) in [4.78, 5) is 0. The predicted molar refractivity (Wildman–Crippen MR) is 94.4 cm³/mol. The van der Waals surface area contributed by atoms with Crippen molar-refractivity contribution in [1.82, 2.24) is 9.88 Å². The minimum absolute atomic E-state index is 0.656. The Bertz CT molecular complexity index is 621. The molecule has 3 heteroatoms. The van der Waals surface area contributed by atoms with Crippen LogP contribution in [-0.4, -0.2) is 24.2 Å². The first-order valence-corrected chi connectivity index (χ1v) is 8.71. The van der Waals surface area contributed by atoms with E-state index >= 15 is 0 Å². The molecule has 120 valence electrons. The summed E-state index contributed by atoms with van der Waals surface area (Å²) in [5.74, 6) is 1.37.